The van der Waals surface area contributed by atoms with E-state index < -0.39 is 0 Å². The molecule has 1 N–H and O–H groups in total. The van der Waals surface area contributed by atoms with Crippen molar-refractivity contribution in [1.29, 1.82) is 0 Å². The van der Waals surface area contributed by atoms with Gasteiger partial charge in [0.25, 0.3) is 0 Å². The summed E-state index contributed by atoms with van der Waals surface area (Å²) in [6, 6.07) is 12.6. The molecule has 2 rings (SSSR count). The molecule has 0 aliphatic rings. The van der Waals surface area contributed by atoms with Gasteiger partial charge in [0.05, 0.1) is 0 Å². The van der Waals surface area contributed by atoms with Crippen molar-refractivity contribution in [1.82, 2.24) is 9.88 Å². The topological polar surface area (TPSA) is 28.2 Å². The number of hydrogen-bond donors (Lipinski definition) is 1. The Balaban J connectivity index is 1.98. The lowest BCUT2D eigenvalue weighted by atomic mass is 10.2. The monoisotopic (exact) mass is 347 g/mol. The van der Waals surface area contributed by atoms with Gasteiger partial charge in [0.2, 0.25) is 0 Å². The van der Waals surface area contributed by atoms with Crippen molar-refractivity contribution in [2.45, 2.75) is 26.4 Å². The Morgan fingerprint density at radius 1 is 1.14 bits per heavy atom. The van der Waals surface area contributed by atoms with Crippen molar-refractivity contribution in [3.05, 3.63) is 58.2 Å². The van der Waals surface area contributed by atoms with E-state index in [0.29, 0.717) is 0 Å². The van der Waals surface area contributed by atoms with E-state index in [1.165, 1.54) is 11.1 Å². The van der Waals surface area contributed by atoms with Crippen LogP contribution in [0.2, 0.25) is 0 Å². The standard InChI is InChI=1S/C17H22BrN3/c1-3-10-19-17-15(5-4-11-20-17)13-21(2)12-14-6-8-16(18)9-7-14/h4-9,11H,3,10,12-13H2,1-2H3,(H,19,20). The average molecular weight is 348 g/mol. The number of nitrogens with one attached hydrogen (secondary N) is 1. The molecule has 0 aliphatic heterocycles. The van der Waals surface area contributed by atoms with E-state index >= 15 is 0 Å². The summed E-state index contributed by atoms with van der Waals surface area (Å²) >= 11 is 3.47. The van der Waals surface area contributed by atoms with Gasteiger partial charge in [0.15, 0.2) is 0 Å². The number of rotatable bonds is 7. The normalized spacial score (nSPS) is 10.9. The van der Waals surface area contributed by atoms with E-state index in [1.807, 2.05) is 12.3 Å². The Hall–Kier alpha value is -1.39. The highest BCUT2D eigenvalue weighted by molar-refractivity contribution is 9.10. The van der Waals surface area contributed by atoms with Crippen LogP contribution in [0.1, 0.15) is 24.5 Å². The van der Waals surface area contributed by atoms with Crippen LogP contribution < -0.4 is 5.32 Å². The fourth-order valence-corrected chi connectivity index (χ4v) is 2.48. The van der Waals surface area contributed by atoms with E-state index in [2.05, 4.69) is 75.4 Å². The fraction of sp³-hybridized carbons (Fsp3) is 0.353. The summed E-state index contributed by atoms with van der Waals surface area (Å²) in [6.45, 7) is 4.93. The van der Waals surface area contributed by atoms with Gasteiger partial charge >= 0.3 is 0 Å². The van der Waals surface area contributed by atoms with Gasteiger partial charge < -0.3 is 5.32 Å². The summed E-state index contributed by atoms with van der Waals surface area (Å²) in [5.41, 5.74) is 2.55. The molecule has 0 spiro atoms. The highest BCUT2D eigenvalue weighted by Gasteiger charge is 2.07. The second-order valence-corrected chi connectivity index (χ2v) is 6.15. The highest BCUT2D eigenvalue weighted by atomic mass is 79.9. The van der Waals surface area contributed by atoms with E-state index in [-0.39, 0.29) is 0 Å². The molecule has 0 aliphatic carbocycles. The zero-order valence-corrected chi connectivity index (χ0v) is 14.2. The van der Waals surface area contributed by atoms with E-state index in [1.54, 1.807) is 0 Å². The quantitative estimate of drug-likeness (QED) is 0.809. The third kappa shape index (κ3) is 5.14. The summed E-state index contributed by atoms with van der Waals surface area (Å²) in [7, 11) is 2.14. The molecule has 1 aromatic heterocycles. The molecule has 0 unspecified atom stereocenters. The number of hydrogen-bond acceptors (Lipinski definition) is 3. The molecule has 21 heavy (non-hydrogen) atoms. The van der Waals surface area contributed by atoms with Crippen molar-refractivity contribution in [2.75, 3.05) is 18.9 Å². The van der Waals surface area contributed by atoms with Gasteiger partial charge in [-0.25, -0.2) is 4.98 Å². The molecular weight excluding hydrogens is 326 g/mol. The van der Waals surface area contributed by atoms with Gasteiger partial charge in [-0.15, -0.1) is 0 Å². The SMILES string of the molecule is CCCNc1ncccc1CN(C)Cc1ccc(Br)cc1. The zero-order chi connectivity index (χ0) is 15.1. The molecule has 2 aromatic rings. The number of anilines is 1. The number of aromatic nitrogens is 1. The predicted molar refractivity (Wildman–Crippen MR) is 92.3 cm³/mol. The first kappa shape index (κ1) is 16.0. The van der Waals surface area contributed by atoms with Gasteiger partial charge in [-0.3, -0.25) is 4.90 Å². The first-order valence-electron chi connectivity index (χ1n) is 7.29. The molecule has 0 radical (unpaired) electrons. The molecule has 3 nitrogen and oxygen atoms in total. The predicted octanol–water partition coefficient (Wildman–Crippen LogP) is 4.30. The van der Waals surface area contributed by atoms with Crippen LogP contribution >= 0.6 is 15.9 Å². The summed E-state index contributed by atoms with van der Waals surface area (Å²) in [5, 5.41) is 3.40. The van der Waals surface area contributed by atoms with Crippen LogP contribution in [0.4, 0.5) is 5.82 Å². The molecule has 0 fully saturated rings. The fourth-order valence-electron chi connectivity index (χ4n) is 2.22. The summed E-state index contributed by atoms with van der Waals surface area (Å²) in [5.74, 6) is 1.00. The summed E-state index contributed by atoms with van der Waals surface area (Å²) < 4.78 is 1.12. The minimum absolute atomic E-state index is 0.885. The minimum Gasteiger partial charge on any atom is -0.370 e. The second-order valence-electron chi connectivity index (χ2n) is 5.24. The molecule has 4 heteroatoms. The molecule has 0 saturated carbocycles. The molecule has 0 bridgehead atoms. The Morgan fingerprint density at radius 2 is 1.90 bits per heavy atom. The van der Waals surface area contributed by atoms with Crippen LogP contribution in [-0.4, -0.2) is 23.5 Å². The third-order valence-electron chi connectivity index (χ3n) is 3.24. The van der Waals surface area contributed by atoms with Gasteiger partial charge in [-0.1, -0.05) is 41.1 Å². The van der Waals surface area contributed by atoms with Crippen molar-refractivity contribution < 1.29 is 0 Å². The van der Waals surface area contributed by atoms with Gasteiger partial charge in [-0.05, 0) is 37.2 Å². The van der Waals surface area contributed by atoms with Gasteiger partial charge in [0, 0.05) is 35.9 Å². The summed E-state index contributed by atoms with van der Waals surface area (Å²) in [6.07, 6.45) is 2.95. The van der Waals surface area contributed by atoms with E-state index in [4.69, 9.17) is 0 Å². The van der Waals surface area contributed by atoms with Crippen LogP contribution in [0, 0.1) is 0 Å². The molecular formula is C17H22BrN3. The maximum atomic E-state index is 4.44. The first-order valence-corrected chi connectivity index (χ1v) is 8.09. The summed E-state index contributed by atoms with van der Waals surface area (Å²) in [4.78, 5) is 6.75. The molecule has 0 atom stereocenters. The van der Waals surface area contributed by atoms with Crippen LogP contribution in [0.3, 0.4) is 0 Å². The van der Waals surface area contributed by atoms with E-state index in [0.717, 1.165) is 36.3 Å². The number of halogens is 1. The van der Waals surface area contributed by atoms with Crippen LogP contribution in [0.15, 0.2) is 47.1 Å². The Morgan fingerprint density at radius 3 is 2.62 bits per heavy atom. The minimum atomic E-state index is 0.885. The molecule has 112 valence electrons. The zero-order valence-electron chi connectivity index (χ0n) is 12.6. The smallest absolute Gasteiger partial charge is 0.130 e. The molecule has 1 aromatic carbocycles. The molecule has 0 amide bonds. The second kappa shape index (κ2) is 8.15. The van der Waals surface area contributed by atoms with Crippen molar-refractivity contribution in [3.8, 4) is 0 Å². The Labute approximate surface area is 135 Å². The van der Waals surface area contributed by atoms with Crippen LogP contribution in [0.5, 0.6) is 0 Å². The largest absolute Gasteiger partial charge is 0.370 e. The maximum absolute atomic E-state index is 4.44. The van der Waals surface area contributed by atoms with Crippen molar-refractivity contribution in [2.24, 2.45) is 0 Å². The van der Waals surface area contributed by atoms with E-state index in [9.17, 15) is 0 Å². The molecule has 0 saturated heterocycles. The lowest BCUT2D eigenvalue weighted by molar-refractivity contribution is 0.319. The molecule has 1 heterocycles. The van der Waals surface area contributed by atoms with Gasteiger partial charge in [0.1, 0.15) is 5.82 Å². The number of nitrogens with zero attached hydrogens (tertiary/aromatic N) is 2. The van der Waals surface area contributed by atoms with Crippen molar-refractivity contribution in [3.63, 3.8) is 0 Å². The Bertz CT molecular complexity index is 554. The van der Waals surface area contributed by atoms with Gasteiger partial charge in [-0.2, -0.15) is 0 Å². The highest BCUT2D eigenvalue weighted by Crippen LogP contribution is 2.16. The number of benzene rings is 1. The number of pyridine rings is 1. The first-order chi connectivity index (χ1) is 10.2. The maximum Gasteiger partial charge on any atom is 0.130 e. The van der Waals surface area contributed by atoms with Crippen LogP contribution in [0.25, 0.3) is 0 Å². The van der Waals surface area contributed by atoms with Crippen LogP contribution in [-0.2, 0) is 13.1 Å². The Kier molecular flexibility index (Phi) is 6.21. The lowest BCUT2D eigenvalue weighted by Crippen LogP contribution is -2.18. The third-order valence-corrected chi connectivity index (χ3v) is 3.77. The average Bonchev–Trinajstić information content (AvgIpc) is 2.49. The van der Waals surface area contributed by atoms with Crippen molar-refractivity contribution >= 4 is 21.7 Å². The lowest BCUT2D eigenvalue weighted by Gasteiger charge is -2.19.